The Bertz CT molecular complexity index is 413. The Morgan fingerprint density at radius 1 is 0.840 bits per heavy atom. The molecule has 0 bridgehead atoms. The van der Waals surface area contributed by atoms with Crippen molar-refractivity contribution in [1.29, 1.82) is 0 Å². The lowest BCUT2D eigenvalue weighted by molar-refractivity contribution is -0.345. The van der Waals surface area contributed by atoms with E-state index in [4.69, 9.17) is 24.7 Å². The number of nitrogens with two attached hydrogens (primary N) is 1. The summed E-state index contributed by atoms with van der Waals surface area (Å²) in [6.45, 7) is 0.744. The molecule has 0 radical (unpaired) electrons. The predicted molar refractivity (Wildman–Crippen MR) is 80.0 cm³/mol. The van der Waals surface area contributed by atoms with E-state index in [1.165, 1.54) is 0 Å². The van der Waals surface area contributed by atoms with Gasteiger partial charge in [0, 0.05) is 6.61 Å². The van der Waals surface area contributed by atoms with Crippen LogP contribution < -0.4 is 5.73 Å². The van der Waals surface area contributed by atoms with Crippen LogP contribution in [-0.4, -0.2) is 112 Å². The second kappa shape index (κ2) is 8.97. The number of hydrogen-bond donors (Lipinski definition) is 7. The highest BCUT2D eigenvalue weighted by atomic mass is 16.7. The van der Waals surface area contributed by atoms with Gasteiger partial charge in [0.2, 0.25) is 0 Å². The molecule has 2 rings (SSSR count). The van der Waals surface area contributed by atoms with Crippen molar-refractivity contribution in [2.75, 3.05) is 19.8 Å². The van der Waals surface area contributed by atoms with Crippen molar-refractivity contribution in [2.24, 2.45) is 5.73 Å². The standard InChI is InChI=1S/C14H27NO10/c1-2-22-14-11(21)12(9(19)6(4-17)24-14)25-13-7(15)10(20)8(18)5(3-16)23-13/h5-14,16-21H,2-4,15H2,1H3/t5-,6-,7-,8-,9+,10-,11-,12+,13+,14-/m1/s1. The van der Waals surface area contributed by atoms with Crippen molar-refractivity contribution in [2.45, 2.75) is 68.3 Å². The van der Waals surface area contributed by atoms with E-state index in [0.29, 0.717) is 0 Å². The van der Waals surface area contributed by atoms with E-state index in [1.54, 1.807) is 6.92 Å². The van der Waals surface area contributed by atoms with Crippen molar-refractivity contribution >= 4 is 0 Å². The van der Waals surface area contributed by atoms with Crippen molar-refractivity contribution in [3.63, 3.8) is 0 Å². The topological polar surface area (TPSA) is 184 Å². The number of hydrogen-bond acceptors (Lipinski definition) is 11. The SMILES string of the molecule is CCO[C@@H]1O[C@H](CO)[C@H](O)[C@H](O[C@@H]2O[C@H](CO)[C@@H](O)[C@H](O)[C@H]2N)[C@H]1O. The van der Waals surface area contributed by atoms with E-state index in [2.05, 4.69) is 0 Å². The minimum Gasteiger partial charge on any atom is -0.394 e. The first-order valence-corrected chi connectivity index (χ1v) is 8.13. The normalized spacial score (nSPS) is 48.5. The van der Waals surface area contributed by atoms with Crippen LogP contribution >= 0.6 is 0 Å². The van der Waals surface area contributed by atoms with Crippen molar-refractivity contribution in [1.82, 2.24) is 0 Å². The van der Waals surface area contributed by atoms with Crippen molar-refractivity contribution in [3.05, 3.63) is 0 Å². The Kier molecular flexibility index (Phi) is 7.49. The van der Waals surface area contributed by atoms with Gasteiger partial charge in [-0.3, -0.25) is 0 Å². The molecule has 0 aliphatic carbocycles. The maximum atomic E-state index is 10.3. The fourth-order valence-corrected chi connectivity index (χ4v) is 2.90. The van der Waals surface area contributed by atoms with Crippen LogP contribution in [0.4, 0.5) is 0 Å². The lowest BCUT2D eigenvalue weighted by atomic mass is 9.96. The second-order valence-electron chi connectivity index (χ2n) is 6.05. The molecule has 148 valence electrons. The molecule has 2 heterocycles. The Balaban J connectivity index is 2.14. The molecule has 2 aliphatic heterocycles. The quantitative estimate of drug-likeness (QED) is 0.240. The van der Waals surface area contributed by atoms with Gasteiger partial charge in [-0.25, -0.2) is 0 Å². The van der Waals surface area contributed by atoms with Gasteiger partial charge in [0.1, 0.15) is 42.7 Å². The third-order valence-electron chi connectivity index (χ3n) is 4.37. The molecule has 11 nitrogen and oxygen atoms in total. The van der Waals surface area contributed by atoms with Gasteiger partial charge in [-0.2, -0.15) is 0 Å². The zero-order valence-corrected chi connectivity index (χ0v) is 13.8. The molecule has 8 N–H and O–H groups in total. The summed E-state index contributed by atoms with van der Waals surface area (Å²) in [5.74, 6) is 0. The molecular formula is C14H27NO10. The van der Waals surface area contributed by atoms with Crippen LogP contribution in [0.15, 0.2) is 0 Å². The maximum absolute atomic E-state index is 10.3. The molecule has 25 heavy (non-hydrogen) atoms. The number of rotatable bonds is 6. The predicted octanol–water partition coefficient (Wildman–Crippen LogP) is -4.39. The molecule has 2 saturated heterocycles. The Morgan fingerprint density at radius 2 is 1.40 bits per heavy atom. The van der Waals surface area contributed by atoms with Crippen LogP contribution in [0.25, 0.3) is 0 Å². The van der Waals surface area contributed by atoms with E-state index in [1.807, 2.05) is 0 Å². The Hall–Kier alpha value is -0.440. The van der Waals surface area contributed by atoms with E-state index >= 15 is 0 Å². The van der Waals surface area contributed by atoms with E-state index in [-0.39, 0.29) is 6.61 Å². The van der Waals surface area contributed by atoms with E-state index in [9.17, 15) is 30.6 Å². The fraction of sp³-hybridized carbons (Fsp3) is 1.00. The summed E-state index contributed by atoms with van der Waals surface area (Å²) in [4.78, 5) is 0. The monoisotopic (exact) mass is 369 g/mol. The van der Waals surface area contributed by atoms with Crippen molar-refractivity contribution < 1.29 is 49.6 Å². The van der Waals surface area contributed by atoms with Crippen LogP contribution in [-0.2, 0) is 18.9 Å². The Morgan fingerprint density at radius 3 is 1.96 bits per heavy atom. The number of aliphatic hydroxyl groups is 6. The highest BCUT2D eigenvalue weighted by Crippen LogP contribution is 2.28. The first-order valence-electron chi connectivity index (χ1n) is 8.13. The minimum atomic E-state index is -1.44. The van der Waals surface area contributed by atoms with Crippen LogP contribution in [0.2, 0.25) is 0 Å². The molecule has 0 amide bonds. The molecule has 10 atom stereocenters. The van der Waals surface area contributed by atoms with Crippen LogP contribution in [0.5, 0.6) is 0 Å². The van der Waals surface area contributed by atoms with E-state index in [0.717, 1.165) is 0 Å². The highest BCUT2D eigenvalue weighted by Gasteiger charge is 2.50. The molecule has 0 aromatic carbocycles. The van der Waals surface area contributed by atoms with Gasteiger partial charge < -0.3 is 55.3 Å². The lowest BCUT2D eigenvalue weighted by Crippen LogP contribution is -2.66. The van der Waals surface area contributed by atoms with Crippen LogP contribution in [0.3, 0.4) is 0 Å². The lowest BCUT2D eigenvalue weighted by Gasteiger charge is -2.46. The average Bonchev–Trinajstić information content (AvgIpc) is 2.60. The van der Waals surface area contributed by atoms with Gasteiger partial charge in [0.25, 0.3) is 0 Å². The summed E-state index contributed by atoms with van der Waals surface area (Å²) in [7, 11) is 0. The maximum Gasteiger partial charge on any atom is 0.186 e. The third kappa shape index (κ3) is 4.28. The summed E-state index contributed by atoms with van der Waals surface area (Å²) in [5, 5.41) is 58.9. The number of ether oxygens (including phenoxy) is 4. The van der Waals surface area contributed by atoms with Gasteiger partial charge in [-0.05, 0) is 6.92 Å². The van der Waals surface area contributed by atoms with Crippen LogP contribution in [0, 0.1) is 0 Å². The van der Waals surface area contributed by atoms with Gasteiger partial charge in [-0.1, -0.05) is 0 Å². The van der Waals surface area contributed by atoms with Crippen LogP contribution in [0.1, 0.15) is 6.92 Å². The van der Waals surface area contributed by atoms with Crippen molar-refractivity contribution in [3.8, 4) is 0 Å². The molecule has 2 fully saturated rings. The second-order valence-corrected chi connectivity index (χ2v) is 6.05. The first kappa shape index (κ1) is 20.9. The van der Waals surface area contributed by atoms with Gasteiger partial charge in [0.15, 0.2) is 12.6 Å². The fourth-order valence-electron chi connectivity index (χ4n) is 2.90. The summed E-state index contributed by atoms with van der Waals surface area (Å²) in [6.07, 6.45) is -11.7. The molecular weight excluding hydrogens is 342 g/mol. The van der Waals surface area contributed by atoms with Gasteiger partial charge in [-0.15, -0.1) is 0 Å². The Labute approximate surface area is 144 Å². The average molecular weight is 369 g/mol. The largest absolute Gasteiger partial charge is 0.394 e. The molecule has 0 aromatic heterocycles. The summed E-state index contributed by atoms with van der Waals surface area (Å²) < 4.78 is 21.3. The first-order chi connectivity index (χ1) is 11.8. The molecule has 11 heteroatoms. The molecule has 0 saturated carbocycles. The highest BCUT2D eigenvalue weighted by molar-refractivity contribution is 4.95. The van der Waals surface area contributed by atoms with E-state index < -0.39 is 74.6 Å². The summed E-state index contributed by atoms with van der Waals surface area (Å²) >= 11 is 0. The molecule has 2 aliphatic rings. The van der Waals surface area contributed by atoms with Gasteiger partial charge >= 0.3 is 0 Å². The molecule has 0 aromatic rings. The molecule has 0 unspecified atom stereocenters. The molecule has 0 spiro atoms. The minimum absolute atomic E-state index is 0.208. The number of aliphatic hydroxyl groups excluding tert-OH is 6. The summed E-state index contributed by atoms with van der Waals surface area (Å²) in [6, 6.07) is -1.20. The summed E-state index contributed by atoms with van der Waals surface area (Å²) in [5.41, 5.74) is 5.78. The zero-order valence-electron chi connectivity index (χ0n) is 13.8. The van der Waals surface area contributed by atoms with Gasteiger partial charge in [0.05, 0.1) is 19.3 Å². The third-order valence-corrected chi connectivity index (χ3v) is 4.37. The smallest absolute Gasteiger partial charge is 0.186 e. The zero-order chi connectivity index (χ0) is 18.7.